The van der Waals surface area contributed by atoms with E-state index in [4.69, 9.17) is 0 Å². The molecule has 2 saturated carbocycles. The number of hydrogen-bond acceptors (Lipinski definition) is 2. The highest BCUT2D eigenvalue weighted by atomic mass is 32.1. The molecule has 16 heavy (non-hydrogen) atoms. The van der Waals surface area contributed by atoms with Gasteiger partial charge in [0.2, 0.25) is 0 Å². The SMILES string of the molecule is O=C(CCc1cccs1)C1C2CCCCC21. The van der Waals surface area contributed by atoms with Crippen molar-refractivity contribution in [2.75, 3.05) is 0 Å². The first-order valence-electron chi connectivity index (χ1n) is 6.41. The highest BCUT2D eigenvalue weighted by Crippen LogP contribution is 2.56. The van der Waals surface area contributed by atoms with Gasteiger partial charge in [-0.3, -0.25) is 4.79 Å². The maximum absolute atomic E-state index is 12.1. The number of carbonyl (C=O) groups excluding carboxylic acids is 1. The summed E-state index contributed by atoms with van der Waals surface area (Å²) >= 11 is 1.77. The van der Waals surface area contributed by atoms with Crippen molar-refractivity contribution in [3.63, 3.8) is 0 Å². The van der Waals surface area contributed by atoms with Gasteiger partial charge in [0.1, 0.15) is 5.78 Å². The van der Waals surface area contributed by atoms with Crippen LogP contribution in [0.25, 0.3) is 0 Å². The second-order valence-corrected chi connectivity index (χ2v) is 6.22. The van der Waals surface area contributed by atoms with Crippen LogP contribution in [0.4, 0.5) is 0 Å². The van der Waals surface area contributed by atoms with E-state index in [1.54, 1.807) is 11.3 Å². The zero-order valence-electron chi connectivity index (χ0n) is 9.52. The van der Waals surface area contributed by atoms with Gasteiger partial charge in [-0.15, -0.1) is 11.3 Å². The predicted molar refractivity (Wildman–Crippen MR) is 66.6 cm³/mol. The fraction of sp³-hybridized carbons (Fsp3) is 0.643. The highest BCUT2D eigenvalue weighted by Gasteiger charge is 2.53. The molecule has 0 aromatic carbocycles. The van der Waals surface area contributed by atoms with Crippen LogP contribution in [-0.4, -0.2) is 5.78 Å². The van der Waals surface area contributed by atoms with Gasteiger partial charge in [-0.25, -0.2) is 0 Å². The second kappa shape index (κ2) is 4.33. The largest absolute Gasteiger partial charge is 0.299 e. The Morgan fingerprint density at radius 3 is 2.69 bits per heavy atom. The summed E-state index contributed by atoms with van der Waals surface area (Å²) in [5.74, 6) is 2.57. The van der Waals surface area contributed by atoms with Crippen LogP contribution in [0.2, 0.25) is 0 Å². The Hall–Kier alpha value is -0.630. The zero-order chi connectivity index (χ0) is 11.0. The maximum Gasteiger partial charge on any atom is 0.136 e. The van der Waals surface area contributed by atoms with Crippen molar-refractivity contribution in [2.24, 2.45) is 17.8 Å². The van der Waals surface area contributed by atoms with Gasteiger partial charge in [-0.2, -0.15) is 0 Å². The van der Waals surface area contributed by atoms with Crippen LogP contribution >= 0.6 is 11.3 Å². The first-order valence-corrected chi connectivity index (χ1v) is 7.29. The molecule has 2 fully saturated rings. The van der Waals surface area contributed by atoms with Crippen molar-refractivity contribution in [3.05, 3.63) is 22.4 Å². The molecule has 1 heterocycles. The van der Waals surface area contributed by atoms with Crippen molar-refractivity contribution in [1.82, 2.24) is 0 Å². The molecular weight excluding hydrogens is 216 g/mol. The third-order valence-corrected chi connectivity index (χ3v) is 5.16. The third kappa shape index (κ3) is 1.95. The number of fused-ring (bicyclic) bond motifs is 1. The Morgan fingerprint density at radius 2 is 2.06 bits per heavy atom. The summed E-state index contributed by atoms with van der Waals surface area (Å²) in [6.07, 6.45) is 7.09. The minimum atomic E-state index is 0.461. The number of aryl methyl sites for hydroxylation is 1. The number of carbonyl (C=O) groups is 1. The molecule has 1 aromatic heterocycles. The van der Waals surface area contributed by atoms with E-state index in [1.807, 2.05) is 0 Å². The highest BCUT2D eigenvalue weighted by molar-refractivity contribution is 7.09. The number of ketones is 1. The normalized spacial score (nSPS) is 32.1. The Balaban J connectivity index is 1.51. The van der Waals surface area contributed by atoms with Crippen LogP contribution in [0, 0.1) is 17.8 Å². The van der Waals surface area contributed by atoms with E-state index < -0.39 is 0 Å². The summed E-state index contributed by atoms with van der Waals surface area (Å²) in [7, 11) is 0. The van der Waals surface area contributed by atoms with Gasteiger partial charge in [0, 0.05) is 17.2 Å². The molecule has 1 aromatic rings. The Bertz CT molecular complexity index is 356. The Labute approximate surface area is 101 Å². The van der Waals surface area contributed by atoms with Crippen LogP contribution < -0.4 is 0 Å². The molecule has 2 unspecified atom stereocenters. The van der Waals surface area contributed by atoms with E-state index in [2.05, 4.69) is 17.5 Å². The summed E-state index contributed by atoms with van der Waals surface area (Å²) in [4.78, 5) is 13.4. The lowest BCUT2D eigenvalue weighted by molar-refractivity contribution is -0.120. The summed E-state index contributed by atoms with van der Waals surface area (Å²) in [5.41, 5.74) is 0. The molecule has 0 radical (unpaired) electrons. The van der Waals surface area contributed by atoms with E-state index in [1.165, 1.54) is 30.6 Å². The van der Waals surface area contributed by atoms with E-state index in [-0.39, 0.29) is 0 Å². The lowest BCUT2D eigenvalue weighted by Crippen LogP contribution is -2.04. The first-order chi connectivity index (χ1) is 7.86. The molecule has 0 saturated heterocycles. The average molecular weight is 234 g/mol. The van der Waals surface area contributed by atoms with Gasteiger partial charge >= 0.3 is 0 Å². The van der Waals surface area contributed by atoms with E-state index in [0.29, 0.717) is 11.7 Å². The van der Waals surface area contributed by atoms with Crippen LogP contribution in [0.15, 0.2) is 17.5 Å². The molecule has 1 nitrogen and oxygen atoms in total. The predicted octanol–water partition coefficient (Wildman–Crippen LogP) is 3.69. The first kappa shape index (κ1) is 10.5. The Kier molecular flexibility index (Phi) is 2.84. The molecule has 0 aliphatic heterocycles. The lowest BCUT2D eigenvalue weighted by atomic mass is 10.0. The van der Waals surface area contributed by atoms with Crippen LogP contribution in [0.3, 0.4) is 0 Å². The molecule has 0 spiro atoms. The molecule has 2 atom stereocenters. The maximum atomic E-state index is 12.1. The van der Waals surface area contributed by atoms with Crippen LogP contribution in [0.1, 0.15) is 37.0 Å². The molecule has 2 aliphatic carbocycles. The number of rotatable bonds is 4. The van der Waals surface area contributed by atoms with E-state index >= 15 is 0 Å². The molecule has 2 heteroatoms. The van der Waals surface area contributed by atoms with Crippen LogP contribution in [-0.2, 0) is 11.2 Å². The minimum Gasteiger partial charge on any atom is -0.299 e. The summed E-state index contributed by atoms with van der Waals surface area (Å²) in [5, 5.41) is 2.09. The standard InChI is InChI=1S/C14H18OS/c15-13(8-7-10-4-3-9-16-10)14-11-5-1-2-6-12(11)14/h3-4,9,11-12,14H,1-2,5-8H2. The zero-order valence-corrected chi connectivity index (χ0v) is 10.3. The smallest absolute Gasteiger partial charge is 0.136 e. The third-order valence-electron chi connectivity index (χ3n) is 4.23. The van der Waals surface area contributed by atoms with Crippen molar-refractivity contribution >= 4 is 17.1 Å². The van der Waals surface area contributed by atoms with Gasteiger partial charge in [0.05, 0.1) is 0 Å². The molecule has 3 rings (SSSR count). The second-order valence-electron chi connectivity index (χ2n) is 5.18. The molecular formula is C14H18OS. The summed E-state index contributed by atoms with van der Waals surface area (Å²) < 4.78 is 0. The van der Waals surface area contributed by atoms with Gasteiger partial charge in [0.15, 0.2) is 0 Å². The lowest BCUT2D eigenvalue weighted by Gasteiger charge is -2.04. The molecule has 0 amide bonds. The monoisotopic (exact) mass is 234 g/mol. The van der Waals surface area contributed by atoms with Gasteiger partial charge < -0.3 is 0 Å². The van der Waals surface area contributed by atoms with Crippen molar-refractivity contribution in [2.45, 2.75) is 38.5 Å². The van der Waals surface area contributed by atoms with Crippen molar-refractivity contribution in [3.8, 4) is 0 Å². The average Bonchev–Trinajstić information content (AvgIpc) is 2.80. The summed E-state index contributed by atoms with van der Waals surface area (Å²) in [6, 6.07) is 4.21. The number of thiophene rings is 1. The number of Topliss-reactive ketones (excluding diaryl/α,β-unsaturated/α-hetero) is 1. The summed E-state index contributed by atoms with van der Waals surface area (Å²) in [6.45, 7) is 0. The fourth-order valence-corrected chi connectivity index (χ4v) is 4.05. The molecule has 86 valence electrons. The fourth-order valence-electron chi connectivity index (χ4n) is 3.34. The molecule has 0 N–H and O–H groups in total. The topological polar surface area (TPSA) is 17.1 Å². The van der Waals surface area contributed by atoms with E-state index in [9.17, 15) is 4.79 Å². The number of hydrogen-bond donors (Lipinski definition) is 0. The van der Waals surface area contributed by atoms with Crippen molar-refractivity contribution < 1.29 is 4.79 Å². The van der Waals surface area contributed by atoms with Crippen LogP contribution in [0.5, 0.6) is 0 Å². The quantitative estimate of drug-likeness (QED) is 0.776. The molecule has 0 bridgehead atoms. The van der Waals surface area contributed by atoms with E-state index in [0.717, 1.165) is 24.7 Å². The van der Waals surface area contributed by atoms with Crippen molar-refractivity contribution in [1.29, 1.82) is 0 Å². The minimum absolute atomic E-state index is 0.461. The van der Waals surface area contributed by atoms with Gasteiger partial charge in [-0.05, 0) is 42.5 Å². The van der Waals surface area contributed by atoms with Gasteiger partial charge in [0.25, 0.3) is 0 Å². The molecule has 2 aliphatic rings. The Morgan fingerprint density at radius 1 is 1.31 bits per heavy atom. The van der Waals surface area contributed by atoms with Gasteiger partial charge in [-0.1, -0.05) is 18.9 Å².